The molecule has 0 amide bonds. The van der Waals surface area contributed by atoms with Gasteiger partial charge >= 0.3 is 7.12 Å². The van der Waals surface area contributed by atoms with Crippen LogP contribution in [0.4, 0.5) is 5.82 Å². The van der Waals surface area contributed by atoms with Crippen molar-refractivity contribution >= 4 is 29.2 Å². The summed E-state index contributed by atoms with van der Waals surface area (Å²) in [6.45, 7) is 0. The molecule has 0 bridgehead atoms. The van der Waals surface area contributed by atoms with Gasteiger partial charge in [-0.1, -0.05) is 18.2 Å². The van der Waals surface area contributed by atoms with E-state index in [0.717, 1.165) is 10.8 Å². The van der Waals surface area contributed by atoms with E-state index in [1.807, 2.05) is 0 Å². The Bertz CT molecular complexity index is 473. The molecule has 0 aliphatic rings. The highest BCUT2D eigenvalue weighted by atomic mass is 16.4. The molecule has 4 N–H and O–H groups in total. The first-order valence-electron chi connectivity index (χ1n) is 4.18. The van der Waals surface area contributed by atoms with E-state index < -0.39 is 7.12 Å². The number of benzene rings is 1. The number of nitrogens with zero attached hydrogens (tertiary/aromatic N) is 1. The summed E-state index contributed by atoms with van der Waals surface area (Å²) in [5, 5.41) is 19.7. The van der Waals surface area contributed by atoms with Gasteiger partial charge in [0.1, 0.15) is 5.82 Å². The number of rotatable bonds is 1. The standard InChI is InChI=1S/C9H9BN2O2/c11-9-4-7-3-8(10(13)14)2-1-6(7)5-12-9/h1-5,13-14H,(H2,11,12). The number of pyridine rings is 1. The first kappa shape index (κ1) is 8.99. The highest BCUT2D eigenvalue weighted by Gasteiger charge is 2.10. The SMILES string of the molecule is Nc1cc2cc(B(O)O)ccc2cn1. The van der Waals surface area contributed by atoms with E-state index >= 15 is 0 Å². The van der Waals surface area contributed by atoms with Gasteiger partial charge in [0.25, 0.3) is 0 Å². The summed E-state index contributed by atoms with van der Waals surface area (Å²) in [7, 11) is -1.45. The summed E-state index contributed by atoms with van der Waals surface area (Å²) < 4.78 is 0. The normalized spacial score (nSPS) is 10.4. The van der Waals surface area contributed by atoms with Gasteiger partial charge in [0.15, 0.2) is 0 Å². The molecule has 0 aliphatic heterocycles. The molecule has 0 spiro atoms. The van der Waals surface area contributed by atoms with E-state index in [-0.39, 0.29) is 0 Å². The molecule has 14 heavy (non-hydrogen) atoms. The molecule has 5 heteroatoms. The number of hydrogen-bond donors (Lipinski definition) is 3. The Morgan fingerprint density at radius 2 is 1.93 bits per heavy atom. The van der Waals surface area contributed by atoms with Crippen LogP contribution in [0.5, 0.6) is 0 Å². The number of aromatic nitrogens is 1. The minimum atomic E-state index is -1.45. The van der Waals surface area contributed by atoms with Crippen molar-refractivity contribution < 1.29 is 10.0 Å². The Morgan fingerprint density at radius 1 is 1.14 bits per heavy atom. The zero-order chi connectivity index (χ0) is 10.1. The molecule has 2 rings (SSSR count). The van der Waals surface area contributed by atoms with Crippen LogP contribution in [0.1, 0.15) is 0 Å². The van der Waals surface area contributed by atoms with Gasteiger partial charge in [-0.3, -0.25) is 0 Å². The highest BCUT2D eigenvalue weighted by molar-refractivity contribution is 6.58. The van der Waals surface area contributed by atoms with Crippen molar-refractivity contribution in [1.82, 2.24) is 4.98 Å². The van der Waals surface area contributed by atoms with Crippen LogP contribution in [0.3, 0.4) is 0 Å². The molecule has 70 valence electrons. The third-order valence-corrected chi connectivity index (χ3v) is 2.07. The van der Waals surface area contributed by atoms with Gasteiger partial charge in [-0.05, 0) is 16.9 Å². The first-order chi connectivity index (χ1) is 6.66. The average molecular weight is 188 g/mol. The molecule has 0 radical (unpaired) electrons. The molecule has 4 nitrogen and oxygen atoms in total. The molecule has 1 heterocycles. The van der Waals surface area contributed by atoms with Gasteiger partial charge in [0.2, 0.25) is 0 Å². The number of fused-ring (bicyclic) bond motifs is 1. The topological polar surface area (TPSA) is 79.4 Å². The van der Waals surface area contributed by atoms with Crippen LogP contribution < -0.4 is 11.2 Å². The summed E-state index contributed by atoms with van der Waals surface area (Å²) in [6, 6.07) is 6.79. The maximum Gasteiger partial charge on any atom is 0.488 e. The Kier molecular flexibility index (Phi) is 2.11. The van der Waals surface area contributed by atoms with Gasteiger partial charge in [-0.25, -0.2) is 4.98 Å². The molecule has 0 saturated carbocycles. The maximum atomic E-state index is 8.96. The van der Waals surface area contributed by atoms with Crippen molar-refractivity contribution in [3.8, 4) is 0 Å². The summed E-state index contributed by atoms with van der Waals surface area (Å²) in [6.07, 6.45) is 1.65. The quantitative estimate of drug-likeness (QED) is 0.527. The van der Waals surface area contributed by atoms with Crippen molar-refractivity contribution in [2.24, 2.45) is 0 Å². The maximum absolute atomic E-state index is 8.96. The Hall–Kier alpha value is -1.59. The number of nitrogens with two attached hydrogens (primary N) is 1. The smallest absolute Gasteiger partial charge is 0.423 e. The largest absolute Gasteiger partial charge is 0.488 e. The lowest BCUT2D eigenvalue weighted by Crippen LogP contribution is -2.29. The molecular weight excluding hydrogens is 179 g/mol. The third kappa shape index (κ3) is 1.55. The fourth-order valence-electron chi connectivity index (χ4n) is 1.34. The van der Waals surface area contributed by atoms with Crippen LogP contribution in [0.25, 0.3) is 10.8 Å². The third-order valence-electron chi connectivity index (χ3n) is 2.07. The van der Waals surface area contributed by atoms with E-state index in [9.17, 15) is 0 Å². The fraction of sp³-hybridized carbons (Fsp3) is 0. The lowest BCUT2D eigenvalue weighted by atomic mass is 9.79. The fourth-order valence-corrected chi connectivity index (χ4v) is 1.34. The second kappa shape index (κ2) is 3.28. The number of anilines is 1. The summed E-state index contributed by atoms with van der Waals surface area (Å²) in [5.74, 6) is 0.419. The summed E-state index contributed by atoms with van der Waals surface area (Å²) in [4.78, 5) is 3.93. The van der Waals surface area contributed by atoms with Crippen LogP contribution >= 0.6 is 0 Å². The minimum absolute atomic E-state index is 0.419. The zero-order valence-electron chi connectivity index (χ0n) is 7.38. The number of nitrogen functional groups attached to an aromatic ring is 1. The molecule has 1 aromatic carbocycles. The van der Waals surface area contributed by atoms with Crippen LogP contribution in [0, 0.1) is 0 Å². The average Bonchev–Trinajstić information content (AvgIpc) is 2.16. The van der Waals surface area contributed by atoms with Crippen molar-refractivity contribution in [1.29, 1.82) is 0 Å². The van der Waals surface area contributed by atoms with Crippen molar-refractivity contribution in [3.05, 3.63) is 30.5 Å². The van der Waals surface area contributed by atoms with Gasteiger partial charge in [-0.2, -0.15) is 0 Å². The molecule has 0 fully saturated rings. The Labute approximate surface area is 81.2 Å². The Morgan fingerprint density at radius 3 is 2.64 bits per heavy atom. The van der Waals surface area contributed by atoms with E-state index in [0.29, 0.717) is 11.3 Å². The molecule has 0 saturated heterocycles. The summed E-state index contributed by atoms with van der Waals surface area (Å²) in [5.41, 5.74) is 5.96. The van der Waals surface area contributed by atoms with Crippen molar-refractivity contribution in [2.45, 2.75) is 0 Å². The predicted octanol–water partition coefficient (Wildman–Crippen LogP) is -0.503. The van der Waals surface area contributed by atoms with Crippen LogP contribution in [-0.2, 0) is 0 Å². The molecule has 2 aromatic rings. The lowest BCUT2D eigenvalue weighted by Gasteiger charge is -2.02. The summed E-state index contributed by atoms with van der Waals surface area (Å²) >= 11 is 0. The van der Waals surface area contributed by atoms with Crippen LogP contribution in [-0.4, -0.2) is 22.2 Å². The Balaban J connectivity index is 2.63. The van der Waals surface area contributed by atoms with Crippen LogP contribution in [0.15, 0.2) is 30.5 Å². The van der Waals surface area contributed by atoms with Gasteiger partial charge in [0.05, 0.1) is 0 Å². The molecule has 1 aromatic heterocycles. The van der Waals surface area contributed by atoms with E-state index in [1.54, 1.807) is 30.5 Å². The monoisotopic (exact) mass is 188 g/mol. The van der Waals surface area contributed by atoms with E-state index in [4.69, 9.17) is 15.8 Å². The predicted molar refractivity (Wildman–Crippen MR) is 56.0 cm³/mol. The molecule has 0 aliphatic carbocycles. The van der Waals surface area contributed by atoms with Crippen molar-refractivity contribution in [2.75, 3.05) is 5.73 Å². The minimum Gasteiger partial charge on any atom is -0.423 e. The second-order valence-electron chi connectivity index (χ2n) is 3.09. The first-order valence-corrected chi connectivity index (χ1v) is 4.18. The molecule has 0 atom stereocenters. The highest BCUT2D eigenvalue weighted by Crippen LogP contribution is 2.13. The van der Waals surface area contributed by atoms with Gasteiger partial charge < -0.3 is 15.8 Å². The van der Waals surface area contributed by atoms with Crippen molar-refractivity contribution in [3.63, 3.8) is 0 Å². The van der Waals surface area contributed by atoms with Gasteiger partial charge in [-0.15, -0.1) is 0 Å². The molecular formula is C9H9BN2O2. The zero-order valence-corrected chi connectivity index (χ0v) is 7.38. The molecule has 0 unspecified atom stereocenters. The second-order valence-corrected chi connectivity index (χ2v) is 3.09. The van der Waals surface area contributed by atoms with Crippen LogP contribution in [0.2, 0.25) is 0 Å². The van der Waals surface area contributed by atoms with E-state index in [2.05, 4.69) is 4.98 Å². The van der Waals surface area contributed by atoms with E-state index in [1.165, 1.54) is 0 Å². The van der Waals surface area contributed by atoms with Gasteiger partial charge in [0, 0.05) is 11.6 Å². The number of hydrogen-bond acceptors (Lipinski definition) is 4. The lowest BCUT2D eigenvalue weighted by molar-refractivity contribution is 0.426.